The number of nitrogens with zero attached hydrogens (tertiary/aromatic N) is 1. The highest BCUT2D eigenvalue weighted by atomic mass is 16.5. The number of rotatable bonds is 6. The van der Waals surface area contributed by atoms with E-state index in [1.165, 1.54) is 0 Å². The number of allylic oxidation sites excluding steroid dienone is 1. The normalized spacial score (nSPS) is 11.3. The Balaban J connectivity index is 2.03. The Morgan fingerprint density at radius 3 is 2.78 bits per heavy atom. The molecule has 0 bridgehead atoms. The summed E-state index contributed by atoms with van der Waals surface area (Å²) in [5.74, 6) is 0.861. The molecular weight excluding hydrogens is 340 g/mol. The van der Waals surface area contributed by atoms with Gasteiger partial charge in [-0.25, -0.2) is 0 Å². The molecule has 3 aromatic rings. The zero-order valence-corrected chi connectivity index (χ0v) is 15.5. The Hall–Kier alpha value is -3.52. The average molecular weight is 360 g/mol. The molecule has 0 amide bonds. The van der Waals surface area contributed by atoms with Gasteiger partial charge in [0.2, 0.25) is 5.78 Å². The number of aryl methyl sites for hydroxylation is 1. The first-order valence-corrected chi connectivity index (χ1v) is 8.63. The van der Waals surface area contributed by atoms with Crippen LogP contribution in [0.5, 0.6) is 11.5 Å². The summed E-state index contributed by atoms with van der Waals surface area (Å²) in [7, 11) is 1.57. The minimum Gasteiger partial charge on any atom is -0.493 e. The third-order valence-corrected chi connectivity index (χ3v) is 4.32. The highest BCUT2D eigenvalue weighted by Gasteiger charge is 2.18. The van der Waals surface area contributed by atoms with Gasteiger partial charge < -0.3 is 14.5 Å². The SMILES string of the molecule is CCOc1cc(/C=C(\C#N)C(=O)c2c[nH]c3cccc(C)c23)ccc1OC. The van der Waals surface area contributed by atoms with Gasteiger partial charge in [0.25, 0.3) is 0 Å². The van der Waals surface area contributed by atoms with Gasteiger partial charge in [-0.1, -0.05) is 18.2 Å². The van der Waals surface area contributed by atoms with Gasteiger partial charge in [0.15, 0.2) is 11.5 Å². The molecule has 1 heterocycles. The number of hydrogen-bond acceptors (Lipinski definition) is 4. The summed E-state index contributed by atoms with van der Waals surface area (Å²) >= 11 is 0. The molecular formula is C22H20N2O3. The molecule has 5 heteroatoms. The minimum atomic E-state index is -0.313. The smallest absolute Gasteiger partial charge is 0.205 e. The van der Waals surface area contributed by atoms with Gasteiger partial charge in [-0.05, 0) is 49.2 Å². The molecule has 0 aliphatic heterocycles. The summed E-state index contributed by atoms with van der Waals surface area (Å²) in [5, 5.41) is 10.4. The van der Waals surface area contributed by atoms with Crippen LogP contribution in [0.1, 0.15) is 28.4 Å². The molecule has 0 saturated heterocycles. The number of aromatic amines is 1. The Kier molecular flexibility index (Phi) is 5.28. The highest BCUT2D eigenvalue weighted by molar-refractivity contribution is 6.20. The van der Waals surface area contributed by atoms with Crippen LogP contribution >= 0.6 is 0 Å². The Morgan fingerprint density at radius 1 is 1.26 bits per heavy atom. The first-order valence-electron chi connectivity index (χ1n) is 8.63. The average Bonchev–Trinajstić information content (AvgIpc) is 3.11. The van der Waals surface area contributed by atoms with E-state index in [0.717, 1.165) is 16.5 Å². The van der Waals surface area contributed by atoms with E-state index in [1.54, 1.807) is 37.6 Å². The molecule has 0 aliphatic rings. The number of carbonyl (C=O) groups excluding carboxylic acids is 1. The molecule has 27 heavy (non-hydrogen) atoms. The number of Topliss-reactive ketones (excluding diaryl/α,β-unsaturated/α-hetero) is 1. The first-order chi connectivity index (χ1) is 13.1. The van der Waals surface area contributed by atoms with Crippen LogP contribution in [-0.4, -0.2) is 24.5 Å². The molecule has 0 atom stereocenters. The maximum absolute atomic E-state index is 13.0. The van der Waals surface area contributed by atoms with Crippen molar-refractivity contribution in [2.24, 2.45) is 0 Å². The maximum Gasteiger partial charge on any atom is 0.205 e. The second-order valence-electron chi connectivity index (χ2n) is 6.04. The van der Waals surface area contributed by atoms with Crippen LogP contribution in [-0.2, 0) is 0 Å². The van der Waals surface area contributed by atoms with Gasteiger partial charge in [-0.3, -0.25) is 4.79 Å². The van der Waals surface area contributed by atoms with Crippen LogP contribution < -0.4 is 9.47 Å². The van der Waals surface area contributed by atoms with E-state index in [1.807, 2.05) is 38.1 Å². The molecule has 0 radical (unpaired) electrons. The van der Waals surface area contributed by atoms with Crippen molar-refractivity contribution in [3.05, 3.63) is 64.9 Å². The molecule has 0 aliphatic carbocycles. The van der Waals surface area contributed by atoms with Crippen molar-refractivity contribution in [3.63, 3.8) is 0 Å². The van der Waals surface area contributed by atoms with Gasteiger partial charge in [-0.15, -0.1) is 0 Å². The van der Waals surface area contributed by atoms with Crippen molar-refractivity contribution in [1.82, 2.24) is 4.98 Å². The zero-order valence-electron chi connectivity index (χ0n) is 15.5. The number of carbonyl (C=O) groups is 1. The third-order valence-electron chi connectivity index (χ3n) is 4.32. The molecule has 136 valence electrons. The molecule has 2 aromatic carbocycles. The topological polar surface area (TPSA) is 75.1 Å². The number of benzene rings is 2. The van der Waals surface area contributed by atoms with Crippen LogP contribution in [0.4, 0.5) is 0 Å². The predicted molar refractivity (Wildman–Crippen MR) is 105 cm³/mol. The van der Waals surface area contributed by atoms with Gasteiger partial charge in [-0.2, -0.15) is 5.26 Å². The lowest BCUT2D eigenvalue weighted by molar-refractivity contribution is 0.104. The summed E-state index contributed by atoms with van der Waals surface area (Å²) in [6.07, 6.45) is 3.23. The molecule has 0 unspecified atom stereocenters. The quantitative estimate of drug-likeness (QED) is 0.394. The largest absolute Gasteiger partial charge is 0.493 e. The monoisotopic (exact) mass is 360 g/mol. The van der Waals surface area contributed by atoms with E-state index in [-0.39, 0.29) is 11.4 Å². The fourth-order valence-corrected chi connectivity index (χ4v) is 3.06. The Bertz CT molecular complexity index is 1070. The molecule has 1 aromatic heterocycles. The molecule has 0 saturated carbocycles. The molecule has 0 fully saturated rings. The third kappa shape index (κ3) is 3.56. The Morgan fingerprint density at radius 2 is 2.07 bits per heavy atom. The highest BCUT2D eigenvalue weighted by Crippen LogP contribution is 2.30. The molecule has 0 spiro atoms. The number of aromatic nitrogens is 1. The number of H-pyrrole nitrogens is 1. The van der Waals surface area contributed by atoms with Gasteiger partial charge in [0.1, 0.15) is 11.6 Å². The lowest BCUT2D eigenvalue weighted by Crippen LogP contribution is -2.02. The summed E-state index contributed by atoms with van der Waals surface area (Å²) in [5.41, 5.74) is 3.11. The van der Waals surface area contributed by atoms with Gasteiger partial charge in [0.05, 0.1) is 13.7 Å². The van der Waals surface area contributed by atoms with E-state index in [2.05, 4.69) is 4.98 Å². The van der Waals surface area contributed by atoms with Crippen molar-refractivity contribution < 1.29 is 14.3 Å². The molecule has 1 N–H and O–H groups in total. The minimum absolute atomic E-state index is 0.0618. The van der Waals surface area contributed by atoms with Crippen molar-refractivity contribution in [1.29, 1.82) is 5.26 Å². The number of ketones is 1. The molecule has 3 rings (SSSR count). The number of ether oxygens (including phenoxy) is 2. The van der Waals surface area contributed by atoms with Crippen molar-refractivity contribution in [3.8, 4) is 17.6 Å². The standard InChI is InChI=1S/C22H20N2O3/c1-4-27-20-11-15(8-9-19(20)26-3)10-16(12-23)22(25)17-13-24-18-7-5-6-14(2)21(17)18/h5-11,13,24H,4H2,1-3H3/b16-10+. The number of hydrogen-bond donors (Lipinski definition) is 1. The predicted octanol–water partition coefficient (Wildman–Crippen LogP) is 4.67. The van der Waals surface area contributed by atoms with Crippen LogP contribution in [0.3, 0.4) is 0 Å². The number of nitriles is 1. The summed E-state index contributed by atoms with van der Waals surface area (Å²) in [6.45, 7) is 4.31. The fourth-order valence-electron chi connectivity index (χ4n) is 3.06. The number of nitrogens with one attached hydrogen (secondary N) is 1. The summed E-state index contributed by atoms with van der Waals surface area (Å²) in [4.78, 5) is 16.1. The Labute approximate surface area is 157 Å². The summed E-state index contributed by atoms with van der Waals surface area (Å²) < 4.78 is 10.8. The van der Waals surface area contributed by atoms with Gasteiger partial charge in [0, 0.05) is 22.7 Å². The van der Waals surface area contributed by atoms with E-state index in [0.29, 0.717) is 29.2 Å². The molecule has 5 nitrogen and oxygen atoms in total. The first kappa shape index (κ1) is 18.3. The lowest BCUT2D eigenvalue weighted by Gasteiger charge is -2.10. The summed E-state index contributed by atoms with van der Waals surface area (Å²) in [6, 6.07) is 13.1. The fraction of sp³-hybridized carbons (Fsp3) is 0.182. The van der Waals surface area contributed by atoms with E-state index >= 15 is 0 Å². The number of methoxy groups -OCH3 is 1. The maximum atomic E-state index is 13.0. The van der Waals surface area contributed by atoms with E-state index < -0.39 is 0 Å². The lowest BCUT2D eigenvalue weighted by atomic mass is 9.99. The van der Waals surface area contributed by atoms with Gasteiger partial charge >= 0.3 is 0 Å². The van der Waals surface area contributed by atoms with Crippen LogP contribution in [0.25, 0.3) is 17.0 Å². The van der Waals surface area contributed by atoms with Crippen molar-refractivity contribution in [2.75, 3.05) is 13.7 Å². The van der Waals surface area contributed by atoms with Crippen LogP contribution in [0.2, 0.25) is 0 Å². The van der Waals surface area contributed by atoms with E-state index in [4.69, 9.17) is 9.47 Å². The van der Waals surface area contributed by atoms with Crippen LogP contribution in [0, 0.1) is 18.3 Å². The second kappa shape index (κ2) is 7.79. The van der Waals surface area contributed by atoms with Crippen molar-refractivity contribution >= 4 is 22.8 Å². The number of fused-ring (bicyclic) bond motifs is 1. The van der Waals surface area contributed by atoms with Crippen molar-refractivity contribution in [2.45, 2.75) is 13.8 Å². The van der Waals surface area contributed by atoms with E-state index in [9.17, 15) is 10.1 Å². The van der Waals surface area contributed by atoms with Crippen LogP contribution in [0.15, 0.2) is 48.2 Å². The second-order valence-corrected chi connectivity index (χ2v) is 6.04. The zero-order chi connectivity index (χ0) is 19.4.